The summed E-state index contributed by atoms with van der Waals surface area (Å²) >= 11 is 0. The van der Waals surface area contributed by atoms with E-state index >= 15 is 0 Å². The quantitative estimate of drug-likeness (QED) is 0.545. The van der Waals surface area contributed by atoms with E-state index in [0.717, 1.165) is 31.9 Å². The van der Waals surface area contributed by atoms with Crippen molar-refractivity contribution in [1.82, 2.24) is 14.9 Å². The number of carbonyl (C=O) groups excluding carboxylic acids is 1. The van der Waals surface area contributed by atoms with E-state index < -0.39 is 0 Å². The molecule has 0 aromatic carbocycles. The van der Waals surface area contributed by atoms with Gasteiger partial charge in [0.25, 0.3) is 0 Å². The van der Waals surface area contributed by atoms with Crippen molar-refractivity contribution >= 4 is 5.97 Å². The van der Waals surface area contributed by atoms with Gasteiger partial charge in [-0.05, 0) is 26.8 Å². The van der Waals surface area contributed by atoms with E-state index in [1.54, 1.807) is 6.20 Å². The summed E-state index contributed by atoms with van der Waals surface area (Å²) in [5, 5.41) is 3.29. The van der Waals surface area contributed by atoms with Crippen molar-refractivity contribution in [2.75, 3.05) is 19.7 Å². The molecule has 0 aliphatic rings. The van der Waals surface area contributed by atoms with E-state index in [4.69, 9.17) is 4.74 Å². The molecule has 1 heterocycles. The molecule has 1 N–H and O–H groups in total. The Morgan fingerprint density at radius 2 is 2.35 bits per heavy atom. The maximum absolute atomic E-state index is 11.0. The minimum Gasteiger partial charge on any atom is -0.466 e. The van der Waals surface area contributed by atoms with Gasteiger partial charge >= 0.3 is 5.97 Å². The van der Waals surface area contributed by atoms with Crippen LogP contribution in [0.3, 0.4) is 0 Å². The molecule has 0 atom stereocenters. The third-order valence-corrected chi connectivity index (χ3v) is 2.49. The highest BCUT2D eigenvalue weighted by Crippen LogP contribution is 1.94. The summed E-state index contributed by atoms with van der Waals surface area (Å²) < 4.78 is 6.94. The number of aromatic nitrogens is 2. The molecular formula is C12H21N3O2. The van der Waals surface area contributed by atoms with Gasteiger partial charge in [0.1, 0.15) is 5.82 Å². The highest BCUT2D eigenvalue weighted by molar-refractivity contribution is 5.69. The molecule has 0 aliphatic carbocycles. The fraction of sp³-hybridized carbons (Fsp3) is 0.667. The summed E-state index contributed by atoms with van der Waals surface area (Å²) in [7, 11) is 0. The summed E-state index contributed by atoms with van der Waals surface area (Å²) in [5.41, 5.74) is 0. The Balaban J connectivity index is 1.98. The highest BCUT2D eigenvalue weighted by atomic mass is 16.5. The second-order valence-corrected chi connectivity index (χ2v) is 3.83. The van der Waals surface area contributed by atoms with E-state index in [1.807, 2.05) is 20.0 Å². The molecule has 17 heavy (non-hydrogen) atoms. The fourth-order valence-corrected chi connectivity index (χ4v) is 1.56. The molecule has 0 spiro atoms. The zero-order valence-corrected chi connectivity index (χ0v) is 10.6. The Morgan fingerprint density at radius 3 is 3.00 bits per heavy atom. The molecule has 0 saturated carbocycles. The van der Waals surface area contributed by atoms with Crippen molar-refractivity contribution in [3.05, 3.63) is 18.2 Å². The first-order valence-electron chi connectivity index (χ1n) is 6.08. The summed E-state index contributed by atoms with van der Waals surface area (Å²) in [6.45, 7) is 6.91. The normalized spacial score (nSPS) is 10.5. The minimum atomic E-state index is -0.111. The second kappa shape index (κ2) is 7.84. The van der Waals surface area contributed by atoms with Gasteiger partial charge in [0.2, 0.25) is 0 Å². The number of rotatable bonds is 8. The second-order valence-electron chi connectivity index (χ2n) is 3.83. The van der Waals surface area contributed by atoms with Crippen LogP contribution in [0.15, 0.2) is 12.4 Å². The maximum atomic E-state index is 11.0. The van der Waals surface area contributed by atoms with Crippen molar-refractivity contribution < 1.29 is 9.53 Å². The number of carbonyl (C=O) groups is 1. The lowest BCUT2D eigenvalue weighted by atomic mass is 10.3. The molecular weight excluding hydrogens is 218 g/mol. The van der Waals surface area contributed by atoms with E-state index in [2.05, 4.69) is 14.9 Å². The SMILES string of the molecule is CCOC(=O)CCCNCCn1ccnc1C. The number of ether oxygens (including phenoxy) is 1. The first-order valence-corrected chi connectivity index (χ1v) is 6.08. The molecule has 0 saturated heterocycles. The molecule has 0 unspecified atom stereocenters. The third-order valence-electron chi connectivity index (χ3n) is 2.49. The van der Waals surface area contributed by atoms with E-state index in [0.29, 0.717) is 13.0 Å². The van der Waals surface area contributed by atoms with Crippen LogP contribution in [-0.2, 0) is 16.1 Å². The smallest absolute Gasteiger partial charge is 0.305 e. The molecule has 1 aromatic rings. The molecule has 96 valence electrons. The summed E-state index contributed by atoms with van der Waals surface area (Å²) in [6, 6.07) is 0. The largest absolute Gasteiger partial charge is 0.466 e. The van der Waals surface area contributed by atoms with Crippen LogP contribution in [0, 0.1) is 6.92 Å². The Bertz CT molecular complexity index is 336. The van der Waals surface area contributed by atoms with Gasteiger partial charge in [-0.3, -0.25) is 4.79 Å². The van der Waals surface area contributed by atoms with Gasteiger partial charge in [0.05, 0.1) is 6.61 Å². The molecule has 1 rings (SSSR count). The van der Waals surface area contributed by atoms with E-state index in [-0.39, 0.29) is 5.97 Å². The van der Waals surface area contributed by atoms with Crippen molar-refractivity contribution in [3.63, 3.8) is 0 Å². The number of hydrogen-bond acceptors (Lipinski definition) is 4. The van der Waals surface area contributed by atoms with Gasteiger partial charge in [-0.2, -0.15) is 0 Å². The molecule has 0 bridgehead atoms. The molecule has 1 aromatic heterocycles. The van der Waals surface area contributed by atoms with Crippen molar-refractivity contribution in [2.45, 2.75) is 33.2 Å². The standard InChI is InChI=1S/C12H21N3O2/c1-3-17-12(16)5-4-6-13-7-9-15-10-8-14-11(15)2/h8,10,13H,3-7,9H2,1-2H3. The van der Waals surface area contributed by atoms with Crippen LogP contribution in [0.2, 0.25) is 0 Å². The number of nitrogens with one attached hydrogen (secondary N) is 1. The van der Waals surface area contributed by atoms with Crippen molar-refractivity contribution in [2.24, 2.45) is 0 Å². The first-order chi connectivity index (χ1) is 8.24. The monoisotopic (exact) mass is 239 g/mol. The average Bonchev–Trinajstić information content (AvgIpc) is 2.70. The van der Waals surface area contributed by atoms with Crippen molar-refractivity contribution in [1.29, 1.82) is 0 Å². The van der Waals surface area contributed by atoms with Gasteiger partial charge in [-0.25, -0.2) is 4.98 Å². The Hall–Kier alpha value is -1.36. The lowest BCUT2D eigenvalue weighted by Crippen LogP contribution is -2.22. The van der Waals surface area contributed by atoms with Gasteiger partial charge in [-0.1, -0.05) is 0 Å². The number of aryl methyl sites for hydroxylation is 1. The summed E-state index contributed by atoms with van der Waals surface area (Å²) in [5.74, 6) is 0.915. The fourth-order valence-electron chi connectivity index (χ4n) is 1.56. The minimum absolute atomic E-state index is 0.111. The molecule has 0 aliphatic heterocycles. The predicted molar refractivity (Wildman–Crippen MR) is 65.7 cm³/mol. The lowest BCUT2D eigenvalue weighted by Gasteiger charge is -2.06. The Morgan fingerprint density at radius 1 is 1.53 bits per heavy atom. The van der Waals surface area contributed by atoms with Gasteiger partial charge in [-0.15, -0.1) is 0 Å². The molecule has 0 amide bonds. The number of hydrogen-bond donors (Lipinski definition) is 1. The summed E-state index contributed by atoms with van der Waals surface area (Å²) in [6.07, 6.45) is 5.08. The molecule has 5 nitrogen and oxygen atoms in total. The van der Waals surface area contributed by atoms with E-state index in [9.17, 15) is 4.79 Å². The number of nitrogens with zero attached hydrogens (tertiary/aromatic N) is 2. The van der Waals surface area contributed by atoms with Crippen molar-refractivity contribution in [3.8, 4) is 0 Å². The highest BCUT2D eigenvalue weighted by Gasteiger charge is 2.00. The number of imidazole rings is 1. The molecule has 0 radical (unpaired) electrons. The average molecular weight is 239 g/mol. The Kier molecular flexibility index (Phi) is 6.32. The van der Waals surface area contributed by atoms with Crippen LogP contribution < -0.4 is 5.32 Å². The first kappa shape index (κ1) is 13.7. The third kappa shape index (κ3) is 5.49. The lowest BCUT2D eigenvalue weighted by molar-refractivity contribution is -0.143. The van der Waals surface area contributed by atoms with Crippen LogP contribution >= 0.6 is 0 Å². The number of esters is 1. The van der Waals surface area contributed by atoms with Crippen LogP contribution in [0.5, 0.6) is 0 Å². The van der Waals surface area contributed by atoms with E-state index in [1.165, 1.54) is 0 Å². The Labute approximate surface area is 102 Å². The van der Waals surface area contributed by atoms with Crippen LogP contribution in [0.4, 0.5) is 0 Å². The van der Waals surface area contributed by atoms with Crippen LogP contribution in [0.1, 0.15) is 25.6 Å². The zero-order chi connectivity index (χ0) is 12.5. The molecule has 5 heteroatoms. The molecule has 0 fully saturated rings. The maximum Gasteiger partial charge on any atom is 0.305 e. The van der Waals surface area contributed by atoms with Gasteiger partial charge in [0, 0.05) is 31.9 Å². The van der Waals surface area contributed by atoms with Gasteiger partial charge in [0.15, 0.2) is 0 Å². The topological polar surface area (TPSA) is 56.1 Å². The zero-order valence-electron chi connectivity index (χ0n) is 10.6. The van der Waals surface area contributed by atoms with Crippen LogP contribution in [0.25, 0.3) is 0 Å². The predicted octanol–water partition coefficient (Wildman–Crippen LogP) is 1.12. The van der Waals surface area contributed by atoms with Gasteiger partial charge < -0.3 is 14.6 Å². The summed E-state index contributed by atoms with van der Waals surface area (Å²) in [4.78, 5) is 15.2. The van der Waals surface area contributed by atoms with Crippen LogP contribution in [-0.4, -0.2) is 35.2 Å².